The number of fused-ring (bicyclic) bond motifs is 1. The number of anilines is 3. The molecule has 0 fully saturated rings. The summed E-state index contributed by atoms with van der Waals surface area (Å²) in [6, 6.07) is 40.9. The first-order chi connectivity index (χ1) is 19.0. The fourth-order valence-corrected chi connectivity index (χ4v) is 4.44. The van der Waals surface area contributed by atoms with Crippen molar-refractivity contribution in [2.24, 2.45) is 0 Å². The van der Waals surface area contributed by atoms with Crippen molar-refractivity contribution in [3.63, 3.8) is 0 Å². The first-order valence-corrected chi connectivity index (χ1v) is 11.6. The van der Waals surface area contributed by atoms with Gasteiger partial charge in [-0.2, -0.15) is 0 Å². The molecule has 1 nitrogen and oxygen atoms in total. The van der Waals surface area contributed by atoms with Crippen LogP contribution in [0.1, 0.15) is 5.48 Å². The summed E-state index contributed by atoms with van der Waals surface area (Å²) in [7, 11) is 0. The first kappa shape index (κ1) is 16.9. The first-order valence-electron chi connectivity index (χ1n) is 13.6. The zero-order valence-corrected chi connectivity index (χ0v) is 19.1. The largest absolute Gasteiger partial charge is 0.310 e. The molecule has 0 N–H and O–H groups in total. The molecule has 166 valence electrons. The van der Waals surface area contributed by atoms with Crippen molar-refractivity contribution in [3.05, 3.63) is 152 Å². The van der Waals surface area contributed by atoms with Crippen molar-refractivity contribution >= 4 is 27.8 Å². The summed E-state index contributed by atoms with van der Waals surface area (Å²) in [4.78, 5) is 1.82. The second kappa shape index (κ2) is 9.32. The summed E-state index contributed by atoms with van der Waals surface area (Å²) < 4.78 is 35.8. The van der Waals surface area contributed by atoms with Gasteiger partial charge in [0.25, 0.3) is 0 Å². The van der Waals surface area contributed by atoms with E-state index in [4.69, 9.17) is 5.48 Å². The highest BCUT2D eigenvalue weighted by atomic mass is 15.1. The van der Waals surface area contributed by atoms with Gasteiger partial charge in [-0.05, 0) is 69.4 Å². The van der Waals surface area contributed by atoms with Crippen LogP contribution in [0.4, 0.5) is 17.1 Å². The van der Waals surface area contributed by atoms with E-state index < -0.39 is 0 Å². The molecular weight excluding hydrogens is 422 g/mol. The molecule has 35 heavy (non-hydrogen) atoms. The summed E-state index contributed by atoms with van der Waals surface area (Å²) in [6.07, 6.45) is 0. The van der Waals surface area contributed by atoms with E-state index in [9.17, 15) is 0 Å². The highest BCUT2D eigenvalue weighted by Crippen LogP contribution is 2.38. The van der Waals surface area contributed by atoms with Crippen molar-refractivity contribution < 1.29 is 5.48 Å². The lowest BCUT2D eigenvalue weighted by molar-refractivity contribution is 1.28. The topological polar surface area (TPSA) is 3.24 Å². The van der Waals surface area contributed by atoms with Crippen LogP contribution < -0.4 is 4.90 Å². The predicted octanol–water partition coefficient (Wildman–Crippen LogP) is 9.64. The van der Waals surface area contributed by atoms with Crippen LogP contribution in [0, 0.1) is 0 Å². The van der Waals surface area contributed by atoms with E-state index in [-0.39, 0.29) is 29.9 Å². The zero-order chi connectivity index (χ0) is 26.9. The molecule has 6 rings (SSSR count). The van der Waals surface area contributed by atoms with Gasteiger partial charge in [0.05, 0.1) is 5.48 Å². The number of hydrogen-bond donors (Lipinski definition) is 0. The van der Waals surface area contributed by atoms with E-state index in [1.54, 1.807) is 0 Å². The van der Waals surface area contributed by atoms with Gasteiger partial charge in [0, 0.05) is 17.1 Å². The van der Waals surface area contributed by atoms with Crippen LogP contribution in [0.15, 0.2) is 152 Å². The van der Waals surface area contributed by atoms with E-state index in [2.05, 4.69) is 30.3 Å². The number of para-hydroxylation sites is 1. The second-order valence-corrected chi connectivity index (χ2v) is 8.34. The van der Waals surface area contributed by atoms with Crippen molar-refractivity contribution in [2.75, 3.05) is 4.90 Å². The van der Waals surface area contributed by atoms with Crippen LogP contribution >= 0.6 is 0 Å². The van der Waals surface area contributed by atoms with Crippen molar-refractivity contribution in [1.82, 2.24) is 0 Å². The van der Waals surface area contributed by atoms with Gasteiger partial charge in [-0.25, -0.2) is 0 Å². The van der Waals surface area contributed by atoms with Gasteiger partial charge >= 0.3 is 0 Å². The number of rotatable bonds is 5. The summed E-state index contributed by atoms with van der Waals surface area (Å²) in [5.41, 5.74) is 4.76. The van der Waals surface area contributed by atoms with E-state index >= 15 is 0 Å². The molecule has 1 heteroatoms. The summed E-state index contributed by atoms with van der Waals surface area (Å²) in [6.45, 7) is 0. The molecule has 0 unspecified atom stereocenters. The van der Waals surface area contributed by atoms with E-state index in [0.29, 0.717) is 11.1 Å². The van der Waals surface area contributed by atoms with Gasteiger partial charge in [-0.3, -0.25) is 0 Å². The molecule has 0 bridgehead atoms. The normalized spacial score (nSPS) is 12.5. The minimum atomic E-state index is -0.0886. The Labute approximate surface area is 212 Å². The molecule has 0 saturated carbocycles. The van der Waals surface area contributed by atoms with Gasteiger partial charge in [-0.15, -0.1) is 0 Å². The maximum Gasteiger partial charge on any atom is 0.0645 e. The lowest BCUT2D eigenvalue weighted by atomic mass is 9.97. The van der Waals surface area contributed by atoms with Crippen molar-refractivity contribution in [3.8, 4) is 22.3 Å². The highest BCUT2D eigenvalue weighted by molar-refractivity contribution is 5.97. The standard InChI is InChI=1S/C34H25N/c1-3-11-26(12-4-1)27-21-23-31(24-22-27)35(30-16-5-2-6-17-30)32-18-9-15-29(25-32)34-20-10-14-28-13-7-8-19-33(28)34/h1-25H/i21D,22D,23D,24D. The third-order valence-corrected chi connectivity index (χ3v) is 6.12. The maximum atomic E-state index is 9.05. The van der Waals surface area contributed by atoms with E-state index in [0.717, 1.165) is 33.3 Å². The van der Waals surface area contributed by atoms with Crippen LogP contribution in [0.2, 0.25) is 0 Å². The average Bonchev–Trinajstić information content (AvgIpc) is 2.99. The monoisotopic (exact) mass is 451 g/mol. The summed E-state index contributed by atoms with van der Waals surface area (Å²) in [5, 5.41) is 2.29. The fraction of sp³-hybridized carbons (Fsp3) is 0. The molecule has 0 atom stereocenters. The van der Waals surface area contributed by atoms with Gasteiger partial charge in [0.2, 0.25) is 0 Å². The maximum absolute atomic E-state index is 9.05. The van der Waals surface area contributed by atoms with Gasteiger partial charge < -0.3 is 4.90 Å². The Hall–Kier alpha value is -4.62. The Kier molecular flexibility index (Phi) is 4.50. The number of hydrogen-bond acceptors (Lipinski definition) is 1. The molecule has 0 radical (unpaired) electrons. The van der Waals surface area contributed by atoms with Gasteiger partial charge in [0.15, 0.2) is 0 Å². The Morgan fingerprint density at radius 1 is 0.429 bits per heavy atom. The molecule has 6 aromatic rings. The second-order valence-electron chi connectivity index (χ2n) is 8.34. The van der Waals surface area contributed by atoms with Gasteiger partial charge in [0.1, 0.15) is 0 Å². The molecule has 0 aliphatic rings. The SMILES string of the molecule is [2H]c1c([2H])c(N(c2ccccc2)c2cccc(-c3cccc4ccccc34)c2)c([2H])c([2H])c1-c1ccccc1. The Bertz CT molecular complexity index is 1770. The smallest absolute Gasteiger partial charge is 0.0645 e. The Morgan fingerprint density at radius 3 is 1.83 bits per heavy atom. The van der Waals surface area contributed by atoms with Crippen LogP contribution in [-0.2, 0) is 0 Å². The van der Waals surface area contributed by atoms with Gasteiger partial charge in [-0.1, -0.05) is 115 Å². The molecular formula is C34H25N. The molecule has 0 heterocycles. The molecule has 0 aliphatic carbocycles. The quantitative estimate of drug-likeness (QED) is 0.252. The average molecular weight is 452 g/mol. The molecule has 0 spiro atoms. The summed E-state index contributed by atoms with van der Waals surface area (Å²) >= 11 is 0. The van der Waals surface area contributed by atoms with Crippen LogP contribution in [0.25, 0.3) is 33.0 Å². The zero-order valence-electron chi connectivity index (χ0n) is 23.1. The Morgan fingerprint density at radius 2 is 1.03 bits per heavy atom. The minimum absolute atomic E-state index is 0.0664. The number of nitrogens with zero attached hydrogens (tertiary/aromatic N) is 1. The third-order valence-electron chi connectivity index (χ3n) is 6.12. The summed E-state index contributed by atoms with van der Waals surface area (Å²) in [5.74, 6) is 0. The minimum Gasteiger partial charge on any atom is -0.310 e. The molecule has 0 aliphatic heterocycles. The lowest BCUT2D eigenvalue weighted by Crippen LogP contribution is -2.09. The number of benzene rings is 6. The lowest BCUT2D eigenvalue weighted by Gasteiger charge is -2.26. The van der Waals surface area contributed by atoms with Crippen LogP contribution in [0.3, 0.4) is 0 Å². The highest BCUT2D eigenvalue weighted by Gasteiger charge is 2.14. The predicted molar refractivity (Wildman–Crippen MR) is 150 cm³/mol. The molecule has 0 aromatic heterocycles. The Balaban J connectivity index is 1.58. The third kappa shape index (κ3) is 4.20. The molecule has 0 amide bonds. The van der Waals surface area contributed by atoms with Crippen molar-refractivity contribution in [2.45, 2.75) is 0 Å². The van der Waals surface area contributed by atoms with E-state index in [1.807, 2.05) is 102 Å². The molecule has 0 saturated heterocycles. The van der Waals surface area contributed by atoms with Crippen LogP contribution in [-0.4, -0.2) is 0 Å². The van der Waals surface area contributed by atoms with Crippen molar-refractivity contribution in [1.29, 1.82) is 0 Å². The van der Waals surface area contributed by atoms with Crippen LogP contribution in [0.5, 0.6) is 0 Å². The molecule has 6 aromatic carbocycles. The fourth-order valence-electron chi connectivity index (χ4n) is 4.44. The van der Waals surface area contributed by atoms with E-state index in [1.165, 1.54) is 0 Å².